The molecule has 6 aliphatic rings. The van der Waals surface area contributed by atoms with Gasteiger partial charge in [-0.05, 0) is 97.7 Å². The van der Waals surface area contributed by atoms with Gasteiger partial charge in [0, 0.05) is 35.3 Å². The fourth-order valence-corrected chi connectivity index (χ4v) is 12.0. The number of aliphatic hydroxyl groups excluding tert-OH is 1. The Kier molecular flexibility index (Phi) is 17.9. The van der Waals surface area contributed by atoms with Crippen molar-refractivity contribution in [3.8, 4) is 92.0 Å². The Balaban J connectivity index is 0.000000161. The fraction of sp³-hybridized carbons (Fsp3) is 0.397. The molecule has 4 atom stereocenters. The smallest absolute Gasteiger partial charge is 0.343 e. The van der Waals surface area contributed by atoms with E-state index in [-0.39, 0.29) is 38.9 Å². The van der Waals surface area contributed by atoms with Gasteiger partial charge in [-0.3, -0.25) is 9.80 Å². The first-order valence-corrected chi connectivity index (χ1v) is 27.4. The number of fused-ring (bicyclic) bond motifs is 6. The van der Waals surface area contributed by atoms with E-state index in [1.54, 1.807) is 100 Å². The quantitative estimate of drug-likeness (QED) is 0.0844. The topological polar surface area (TPSA) is 227 Å². The zero-order valence-electron chi connectivity index (χ0n) is 50.2. The zero-order chi connectivity index (χ0) is 61.1. The molecule has 0 saturated heterocycles. The molecule has 86 heavy (non-hydrogen) atoms. The minimum absolute atomic E-state index is 0.0588. The third kappa shape index (κ3) is 10.7. The highest BCUT2D eigenvalue weighted by molar-refractivity contribution is 5.99. The van der Waals surface area contributed by atoms with Crippen LogP contribution in [0.2, 0.25) is 0 Å². The molecule has 1 N–H and O–H groups in total. The van der Waals surface area contributed by atoms with Crippen LogP contribution in [-0.4, -0.2) is 146 Å². The Hall–Kier alpha value is -9.06. The Morgan fingerprint density at radius 1 is 0.453 bits per heavy atom. The van der Waals surface area contributed by atoms with Gasteiger partial charge in [0.05, 0.1) is 96.9 Å². The highest BCUT2D eigenvalue weighted by Crippen LogP contribution is 2.58. The van der Waals surface area contributed by atoms with Gasteiger partial charge in [-0.25, -0.2) is 9.59 Å². The van der Waals surface area contributed by atoms with E-state index in [4.69, 9.17) is 90.4 Å². The number of likely N-dealkylation sites (N-methyl/N-ethyl adjacent to an activating group) is 2. The highest BCUT2D eigenvalue weighted by Gasteiger charge is 2.48. The molecule has 6 aromatic rings. The van der Waals surface area contributed by atoms with E-state index < -0.39 is 24.1 Å². The lowest BCUT2D eigenvalue weighted by molar-refractivity contribution is 0.00805. The van der Waals surface area contributed by atoms with E-state index in [1.165, 1.54) is 14.2 Å². The van der Waals surface area contributed by atoms with Crippen molar-refractivity contribution in [3.05, 3.63) is 116 Å². The number of nitrogens with zero attached hydrogens (tertiary/aromatic N) is 2. The van der Waals surface area contributed by atoms with Crippen LogP contribution < -0.4 is 75.8 Å². The molecule has 0 fully saturated rings. The molecule has 0 bridgehead atoms. The van der Waals surface area contributed by atoms with E-state index in [0.29, 0.717) is 109 Å². The van der Waals surface area contributed by atoms with Crippen molar-refractivity contribution < 1.29 is 100.0 Å². The van der Waals surface area contributed by atoms with Gasteiger partial charge in [0.25, 0.3) is 0 Å². The number of cyclic esters (lactones) is 2. The lowest BCUT2D eigenvalue weighted by Gasteiger charge is -2.38. The second-order valence-corrected chi connectivity index (χ2v) is 20.3. The van der Waals surface area contributed by atoms with Gasteiger partial charge in [-0.2, -0.15) is 0 Å². The number of rotatable bonds is 17. The molecule has 6 aliphatic heterocycles. The van der Waals surface area contributed by atoms with Gasteiger partial charge in [-0.15, -0.1) is 0 Å². The number of methoxy groups -OCH3 is 11. The SMILES string of the molecule is COc1cc(CO)cc(OC)c1OC.COc1cc(COc2c(OC)ccc3c2C(=O)OC3[C@H]2c3c(cc4c(c3OC)OCO4)CCN2C)cc(OC)c1OC.COc1ccc2c(c1OC)C(=O)O[C@@H]2[C@H]1c2c(cc3c(c2OC)OCO3)CCN1C. The van der Waals surface area contributed by atoms with Crippen molar-refractivity contribution in [2.24, 2.45) is 0 Å². The van der Waals surface area contributed by atoms with E-state index in [1.807, 2.05) is 38.4 Å². The summed E-state index contributed by atoms with van der Waals surface area (Å²) in [4.78, 5) is 30.8. The van der Waals surface area contributed by atoms with Crippen molar-refractivity contribution in [2.75, 3.05) is 119 Å². The number of hydrogen-bond acceptors (Lipinski definition) is 23. The molecule has 0 radical (unpaired) electrons. The van der Waals surface area contributed by atoms with Crippen LogP contribution in [0.1, 0.15) is 89.5 Å². The molecule has 0 amide bonds. The molecular weight excluding hydrogens is 1120 g/mol. The summed E-state index contributed by atoms with van der Waals surface area (Å²) in [7, 11) is 21.1. The number of benzene rings is 6. The first kappa shape index (κ1) is 60.1. The Bertz CT molecular complexity index is 3480. The molecule has 12 rings (SSSR count). The first-order chi connectivity index (χ1) is 41.8. The van der Waals surface area contributed by atoms with Gasteiger partial charge >= 0.3 is 11.9 Å². The molecule has 6 heterocycles. The number of aliphatic hydroxyl groups is 1. The average Bonchev–Trinajstić information content (AvgIpc) is 1.58. The summed E-state index contributed by atoms with van der Waals surface area (Å²) in [6.07, 6.45) is 0.467. The van der Waals surface area contributed by atoms with Crippen LogP contribution in [0.4, 0.5) is 0 Å². The van der Waals surface area contributed by atoms with E-state index in [0.717, 1.165) is 64.9 Å². The summed E-state index contributed by atoms with van der Waals surface area (Å²) in [5, 5.41) is 8.99. The lowest BCUT2D eigenvalue weighted by atomic mass is 9.85. The number of carbonyl (C=O) groups is 2. The van der Waals surface area contributed by atoms with Crippen LogP contribution in [0.15, 0.2) is 60.7 Å². The molecular formula is C63H70N2O21. The normalized spacial score (nSPS) is 18.2. The van der Waals surface area contributed by atoms with Gasteiger partial charge < -0.3 is 90.4 Å². The van der Waals surface area contributed by atoms with Crippen molar-refractivity contribution in [1.82, 2.24) is 9.80 Å². The second-order valence-electron chi connectivity index (χ2n) is 20.3. The summed E-state index contributed by atoms with van der Waals surface area (Å²) >= 11 is 0. The summed E-state index contributed by atoms with van der Waals surface area (Å²) in [6.45, 7) is 1.89. The van der Waals surface area contributed by atoms with Crippen molar-refractivity contribution in [3.63, 3.8) is 0 Å². The molecule has 0 spiro atoms. The van der Waals surface area contributed by atoms with Crippen LogP contribution >= 0.6 is 0 Å². The fourth-order valence-electron chi connectivity index (χ4n) is 12.0. The maximum Gasteiger partial charge on any atom is 0.343 e. The van der Waals surface area contributed by atoms with E-state index in [2.05, 4.69) is 9.80 Å². The number of hydrogen-bond donors (Lipinski definition) is 1. The van der Waals surface area contributed by atoms with E-state index >= 15 is 0 Å². The highest BCUT2D eigenvalue weighted by atomic mass is 16.7. The zero-order valence-corrected chi connectivity index (χ0v) is 50.2. The summed E-state index contributed by atoms with van der Waals surface area (Å²) in [6, 6.07) is 17.7. The van der Waals surface area contributed by atoms with Crippen LogP contribution in [0.25, 0.3) is 0 Å². The van der Waals surface area contributed by atoms with Crippen LogP contribution in [0.3, 0.4) is 0 Å². The molecule has 23 heteroatoms. The van der Waals surface area contributed by atoms with Crippen molar-refractivity contribution >= 4 is 11.9 Å². The predicted octanol–water partition coefficient (Wildman–Crippen LogP) is 8.56. The molecule has 0 aromatic heterocycles. The Morgan fingerprint density at radius 2 is 0.837 bits per heavy atom. The first-order valence-electron chi connectivity index (χ1n) is 27.4. The number of ether oxygens (including phenoxy) is 18. The molecule has 23 nitrogen and oxygen atoms in total. The lowest BCUT2D eigenvalue weighted by Crippen LogP contribution is -2.36. The van der Waals surface area contributed by atoms with E-state index in [9.17, 15) is 9.59 Å². The predicted molar refractivity (Wildman–Crippen MR) is 308 cm³/mol. The maximum atomic E-state index is 13.6. The van der Waals surface area contributed by atoms with Crippen molar-refractivity contribution in [1.29, 1.82) is 0 Å². The monoisotopic (exact) mass is 1190 g/mol. The van der Waals surface area contributed by atoms with Gasteiger partial charge in [0.2, 0.25) is 36.6 Å². The third-order valence-electron chi connectivity index (χ3n) is 15.9. The van der Waals surface area contributed by atoms with Gasteiger partial charge in [-0.1, -0.05) is 12.1 Å². The standard InChI is InChI=1S/C31H33NO10.C22H23NO7.C10H14O4/c1-32-10-9-17-13-22-29(41-15-40-22)30(38-6)23(17)25(32)26-18-7-8-19(34-2)28(24(18)31(33)42-26)39-14-16-11-20(35-3)27(37-5)21(12-16)36-4;1-23-8-7-11-9-14-20(29-10-28-14)21(27-4)15(11)17(23)18-12-5-6-13(25-2)19(26-3)16(12)22(24)30-18;1-12-8-4-7(6-11)5-9(13-2)10(8)14-3/h7-8,11-13,25-26H,9-10,14-15H2,1-6H3;5-6,9,17-18H,7-8,10H2,1-4H3;4-5,11H,6H2,1-3H3/t25-,26?;17-,18+;/m11./s1. The largest absolute Gasteiger partial charge is 0.493 e. The average molecular weight is 1190 g/mol. The molecule has 1 unspecified atom stereocenters. The van der Waals surface area contributed by atoms with Crippen LogP contribution in [0.5, 0.6) is 92.0 Å². The number of esters is 2. The third-order valence-corrected chi connectivity index (χ3v) is 15.9. The summed E-state index contributed by atoms with van der Waals surface area (Å²) < 4.78 is 101. The van der Waals surface area contributed by atoms with Crippen LogP contribution in [-0.2, 0) is 35.5 Å². The maximum absolute atomic E-state index is 13.6. The molecule has 0 saturated carbocycles. The minimum atomic E-state index is -0.625. The van der Waals surface area contributed by atoms with Crippen LogP contribution in [0, 0.1) is 0 Å². The molecule has 0 aliphatic carbocycles. The second kappa shape index (κ2) is 25.7. The Labute approximate surface area is 497 Å². The summed E-state index contributed by atoms with van der Waals surface area (Å²) in [5.41, 5.74) is 7.70. The van der Waals surface area contributed by atoms with Gasteiger partial charge in [0.15, 0.2) is 69.0 Å². The number of carbonyl (C=O) groups excluding carboxylic acids is 2. The molecule has 458 valence electrons. The minimum Gasteiger partial charge on any atom is -0.493 e. The summed E-state index contributed by atoms with van der Waals surface area (Å²) in [5.74, 6) is 7.49. The molecule has 6 aromatic carbocycles. The van der Waals surface area contributed by atoms with Gasteiger partial charge in [0.1, 0.15) is 29.9 Å². The van der Waals surface area contributed by atoms with Crippen molar-refractivity contribution in [2.45, 2.75) is 50.3 Å². The Morgan fingerprint density at radius 3 is 1.22 bits per heavy atom.